The average Bonchev–Trinajstić information content (AvgIpc) is 3.21. The van der Waals surface area contributed by atoms with Crippen LogP contribution in [-0.4, -0.2) is 67.3 Å². The molecule has 3 aliphatic rings. The molecule has 0 saturated carbocycles. The van der Waals surface area contributed by atoms with Crippen LogP contribution in [0.3, 0.4) is 0 Å². The molecule has 0 spiro atoms. The summed E-state index contributed by atoms with van der Waals surface area (Å²) in [5, 5.41) is 6.03. The van der Waals surface area contributed by atoms with Crippen LogP contribution in [-0.2, 0) is 14.2 Å². The maximum Gasteiger partial charge on any atom is 0.315 e. The summed E-state index contributed by atoms with van der Waals surface area (Å²) < 4.78 is 23.3. The lowest BCUT2D eigenvalue weighted by atomic mass is 10.0. The molecule has 8 nitrogen and oxygen atoms in total. The molecule has 4 rings (SSSR count). The van der Waals surface area contributed by atoms with Crippen LogP contribution in [0.2, 0.25) is 0 Å². The number of urea groups is 1. The van der Waals surface area contributed by atoms with E-state index >= 15 is 0 Å². The summed E-state index contributed by atoms with van der Waals surface area (Å²) in [5.74, 6) is 0.734. The first kappa shape index (κ1) is 18.5. The third-order valence-corrected chi connectivity index (χ3v) is 5.38. The molecule has 3 fully saturated rings. The fourth-order valence-electron chi connectivity index (χ4n) is 3.97. The Hall–Kier alpha value is -1.90. The molecule has 2 N–H and O–H groups in total. The van der Waals surface area contributed by atoms with Gasteiger partial charge in [0.2, 0.25) is 0 Å². The topological polar surface area (TPSA) is 90.9 Å². The molecule has 3 saturated heterocycles. The number of carbonyl (C=O) groups is 1. The molecule has 0 bridgehead atoms. The lowest BCUT2D eigenvalue weighted by molar-refractivity contribution is 0.0151. The zero-order valence-electron chi connectivity index (χ0n) is 15.7. The smallest absolute Gasteiger partial charge is 0.315 e. The van der Waals surface area contributed by atoms with Gasteiger partial charge < -0.3 is 29.6 Å². The number of ether oxygens (including phenoxy) is 4. The van der Waals surface area contributed by atoms with E-state index in [9.17, 15) is 4.79 Å². The number of aryl methyl sites for hydroxylation is 1. The molecule has 0 radical (unpaired) electrons. The molecule has 6 atom stereocenters. The highest BCUT2D eigenvalue weighted by Gasteiger charge is 2.49. The first-order valence-electron chi connectivity index (χ1n) is 9.60. The Morgan fingerprint density at radius 2 is 2.07 bits per heavy atom. The molecule has 0 aliphatic carbocycles. The van der Waals surface area contributed by atoms with Gasteiger partial charge in [-0.15, -0.1) is 0 Å². The zero-order chi connectivity index (χ0) is 18.8. The number of nitrogens with zero attached hydrogens (tertiary/aromatic N) is 1. The first-order valence-corrected chi connectivity index (χ1v) is 9.60. The van der Waals surface area contributed by atoms with E-state index in [1.165, 1.54) is 0 Å². The van der Waals surface area contributed by atoms with Gasteiger partial charge in [-0.1, -0.05) is 0 Å². The Labute approximate surface area is 158 Å². The van der Waals surface area contributed by atoms with E-state index in [4.69, 9.17) is 18.9 Å². The van der Waals surface area contributed by atoms with E-state index in [-0.39, 0.29) is 42.5 Å². The molecule has 3 aliphatic heterocycles. The van der Waals surface area contributed by atoms with Crippen LogP contribution >= 0.6 is 0 Å². The molecule has 0 aromatic carbocycles. The summed E-state index contributed by atoms with van der Waals surface area (Å²) in [4.78, 5) is 16.6. The highest BCUT2D eigenvalue weighted by atomic mass is 16.6. The summed E-state index contributed by atoms with van der Waals surface area (Å²) >= 11 is 0. The van der Waals surface area contributed by atoms with Crippen molar-refractivity contribution in [2.75, 3.05) is 19.8 Å². The van der Waals surface area contributed by atoms with Gasteiger partial charge in [-0.25, -0.2) is 4.79 Å². The molecule has 1 aromatic rings. The predicted octanol–water partition coefficient (Wildman–Crippen LogP) is 1.17. The van der Waals surface area contributed by atoms with Crippen molar-refractivity contribution in [1.82, 2.24) is 15.6 Å². The number of carbonyl (C=O) groups excluding carboxylic acids is 1. The zero-order valence-corrected chi connectivity index (χ0v) is 15.7. The molecule has 1 aromatic heterocycles. The quantitative estimate of drug-likeness (QED) is 0.819. The van der Waals surface area contributed by atoms with Gasteiger partial charge in [-0.05, 0) is 38.8 Å². The van der Waals surface area contributed by atoms with Crippen molar-refractivity contribution in [3.63, 3.8) is 0 Å². The second-order valence-electron chi connectivity index (χ2n) is 7.47. The Bertz CT molecular complexity index is 673. The lowest BCUT2D eigenvalue weighted by Gasteiger charge is -2.28. The standard InChI is InChI=1S/C19H27N3O5/c1-11-8-13(5-7-24-11)21-19(23)22-14-9-25-18-16(10-26-17(14)18)27-15-4-3-6-20-12(15)2/h3-4,6,11,13-14,16-18H,5,7-10H2,1-2H3,(H2,21,22,23)/t11?,13?,14-,16-,17+,18+/m0/s1. The number of rotatable bonds is 4. The second kappa shape index (κ2) is 8.00. The van der Waals surface area contributed by atoms with Crippen LogP contribution in [0, 0.1) is 6.92 Å². The van der Waals surface area contributed by atoms with Crippen LogP contribution in [0.15, 0.2) is 18.3 Å². The molecular weight excluding hydrogens is 350 g/mol. The number of nitrogens with one attached hydrogen (secondary N) is 2. The van der Waals surface area contributed by atoms with E-state index in [1.807, 2.05) is 26.0 Å². The third kappa shape index (κ3) is 4.17. The largest absolute Gasteiger partial charge is 0.483 e. The fraction of sp³-hybridized carbons (Fsp3) is 0.684. The van der Waals surface area contributed by atoms with Gasteiger partial charge in [-0.3, -0.25) is 4.98 Å². The summed E-state index contributed by atoms with van der Waals surface area (Å²) in [6.45, 7) is 5.46. The van der Waals surface area contributed by atoms with Crippen molar-refractivity contribution in [3.8, 4) is 5.75 Å². The third-order valence-electron chi connectivity index (χ3n) is 5.38. The lowest BCUT2D eigenvalue weighted by Crippen LogP contribution is -2.52. The van der Waals surface area contributed by atoms with Crippen molar-refractivity contribution in [2.24, 2.45) is 0 Å². The number of amides is 2. The number of pyridine rings is 1. The van der Waals surface area contributed by atoms with Crippen molar-refractivity contribution in [3.05, 3.63) is 24.0 Å². The number of hydrogen-bond donors (Lipinski definition) is 2. The minimum absolute atomic E-state index is 0.140. The Kier molecular flexibility index (Phi) is 5.47. The van der Waals surface area contributed by atoms with Gasteiger partial charge in [0, 0.05) is 18.8 Å². The normalized spacial score (nSPS) is 35.5. The van der Waals surface area contributed by atoms with E-state index in [1.54, 1.807) is 6.20 Å². The SMILES string of the molecule is Cc1ncccc1O[C@H]1CO[C@H]2[C@@H]1OC[C@@H]2NC(=O)NC1CCOC(C)C1. The Morgan fingerprint density at radius 1 is 1.22 bits per heavy atom. The van der Waals surface area contributed by atoms with E-state index in [0.29, 0.717) is 19.8 Å². The van der Waals surface area contributed by atoms with Crippen molar-refractivity contribution in [2.45, 2.75) is 63.2 Å². The maximum absolute atomic E-state index is 12.4. The Morgan fingerprint density at radius 3 is 2.89 bits per heavy atom. The summed E-state index contributed by atoms with van der Waals surface area (Å²) in [6.07, 6.45) is 2.97. The van der Waals surface area contributed by atoms with Crippen LogP contribution in [0.4, 0.5) is 4.79 Å². The van der Waals surface area contributed by atoms with Gasteiger partial charge in [0.05, 0.1) is 31.1 Å². The van der Waals surface area contributed by atoms with Crippen LogP contribution in [0.5, 0.6) is 5.75 Å². The summed E-state index contributed by atoms with van der Waals surface area (Å²) in [5.41, 5.74) is 0.832. The Balaban J connectivity index is 1.29. The molecular formula is C19H27N3O5. The first-order chi connectivity index (χ1) is 13.1. The van der Waals surface area contributed by atoms with Gasteiger partial charge in [0.1, 0.15) is 18.0 Å². The number of fused-ring (bicyclic) bond motifs is 1. The predicted molar refractivity (Wildman–Crippen MR) is 96.8 cm³/mol. The fourth-order valence-corrected chi connectivity index (χ4v) is 3.97. The minimum atomic E-state index is -0.205. The van der Waals surface area contributed by atoms with Crippen LogP contribution in [0.1, 0.15) is 25.5 Å². The van der Waals surface area contributed by atoms with Gasteiger partial charge in [0.15, 0.2) is 6.10 Å². The highest BCUT2D eigenvalue weighted by molar-refractivity contribution is 5.74. The average molecular weight is 377 g/mol. The number of hydrogen-bond acceptors (Lipinski definition) is 6. The van der Waals surface area contributed by atoms with Gasteiger partial charge >= 0.3 is 6.03 Å². The van der Waals surface area contributed by atoms with Gasteiger partial charge in [0.25, 0.3) is 0 Å². The molecule has 27 heavy (non-hydrogen) atoms. The molecule has 8 heteroatoms. The highest BCUT2D eigenvalue weighted by Crippen LogP contribution is 2.30. The van der Waals surface area contributed by atoms with E-state index in [2.05, 4.69) is 15.6 Å². The van der Waals surface area contributed by atoms with Crippen LogP contribution < -0.4 is 15.4 Å². The minimum Gasteiger partial charge on any atom is -0.483 e. The van der Waals surface area contributed by atoms with Gasteiger partial charge in [-0.2, -0.15) is 0 Å². The van der Waals surface area contributed by atoms with Crippen LogP contribution in [0.25, 0.3) is 0 Å². The monoisotopic (exact) mass is 377 g/mol. The van der Waals surface area contributed by atoms with Crippen molar-refractivity contribution >= 4 is 6.03 Å². The second-order valence-corrected chi connectivity index (χ2v) is 7.47. The maximum atomic E-state index is 12.4. The molecule has 2 unspecified atom stereocenters. The molecule has 2 amide bonds. The van der Waals surface area contributed by atoms with Crippen molar-refractivity contribution in [1.29, 1.82) is 0 Å². The van der Waals surface area contributed by atoms with Crippen molar-refractivity contribution < 1.29 is 23.7 Å². The summed E-state index contributed by atoms with van der Waals surface area (Å²) in [7, 11) is 0. The van der Waals surface area contributed by atoms with E-state index in [0.717, 1.165) is 24.3 Å². The molecule has 4 heterocycles. The number of aromatic nitrogens is 1. The molecule has 148 valence electrons. The summed E-state index contributed by atoms with van der Waals surface area (Å²) in [6, 6.07) is 3.51. The van der Waals surface area contributed by atoms with E-state index < -0.39 is 0 Å².